The molecule has 28 heavy (non-hydrogen) atoms. The van der Waals surface area contributed by atoms with Gasteiger partial charge in [0.25, 0.3) is 0 Å². The fourth-order valence-electron chi connectivity index (χ4n) is 4.51. The molecule has 0 aromatic rings. The number of carboxylic acids is 1. The summed E-state index contributed by atoms with van der Waals surface area (Å²) in [7, 11) is 0. The summed E-state index contributed by atoms with van der Waals surface area (Å²) in [5.74, 6) is -1.65. The lowest BCUT2D eigenvalue weighted by molar-refractivity contribution is -0.141. The van der Waals surface area contributed by atoms with E-state index in [1.165, 1.54) is 44.1 Å². The number of unbranched alkanes of at least 4 members (excludes halogenated alkanes) is 5. The zero-order chi connectivity index (χ0) is 20.2. The Bertz CT molecular complexity index is 576. The number of allylic oxidation sites excluding steroid dienone is 3. The van der Waals surface area contributed by atoms with Crippen LogP contribution in [-0.2, 0) is 9.59 Å². The fraction of sp³-hybridized carbons (Fsp3) is 0.750. The highest BCUT2D eigenvalue weighted by molar-refractivity contribution is 6.00. The van der Waals surface area contributed by atoms with Crippen molar-refractivity contribution in [2.24, 2.45) is 5.92 Å². The van der Waals surface area contributed by atoms with Gasteiger partial charge in [0, 0.05) is 12.1 Å². The molecule has 4 nitrogen and oxygen atoms in total. The molecule has 0 bridgehead atoms. The maximum Gasteiger partial charge on any atom is 0.311 e. The Hall–Kier alpha value is -1.58. The quantitative estimate of drug-likeness (QED) is 0.455. The molecule has 4 heteroatoms. The van der Waals surface area contributed by atoms with E-state index in [0.29, 0.717) is 18.5 Å². The summed E-state index contributed by atoms with van der Waals surface area (Å²) in [6.45, 7) is 2.86. The maximum absolute atomic E-state index is 13.1. The number of amides is 1. The first-order valence-electron chi connectivity index (χ1n) is 11.6. The molecule has 0 saturated carbocycles. The lowest BCUT2D eigenvalue weighted by atomic mass is 9.87. The van der Waals surface area contributed by atoms with E-state index in [1.807, 2.05) is 0 Å². The van der Waals surface area contributed by atoms with Crippen molar-refractivity contribution in [3.8, 4) is 0 Å². The number of rotatable bonds is 10. The highest BCUT2D eigenvalue weighted by Crippen LogP contribution is 2.36. The molecule has 2 aliphatic rings. The second kappa shape index (κ2) is 12.8. The summed E-state index contributed by atoms with van der Waals surface area (Å²) in [5.41, 5.74) is 2.85. The monoisotopic (exact) mass is 389 g/mol. The first-order valence-corrected chi connectivity index (χ1v) is 11.6. The van der Waals surface area contributed by atoms with E-state index in [9.17, 15) is 14.7 Å². The molecule has 2 rings (SSSR count). The van der Waals surface area contributed by atoms with Gasteiger partial charge in [-0.1, -0.05) is 57.9 Å². The van der Waals surface area contributed by atoms with E-state index in [-0.39, 0.29) is 5.91 Å². The molecule has 2 aliphatic carbocycles. The molecule has 0 saturated heterocycles. The van der Waals surface area contributed by atoms with Crippen LogP contribution in [0.2, 0.25) is 0 Å². The Labute approximate surface area is 170 Å². The predicted molar refractivity (Wildman–Crippen MR) is 114 cm³/mol. The van der Waals surface area contributed by atoms with Gasteiger partial charge in [-0.05, 0) is 62.5 Å². The highest BCUT2D eigenvalue weighted by atomic mass is 16.4. The van der Waals surface area contributed by atoms with Crippen molar-refractivity contribution in [3.63, 3.8) is 0 Å². The van der Waals surface area contributed by atoms with Crippen LogP contribution in [0.15, 0.2) is 22.8 Å². The van der Waals surface area contributed by atoms with E-state index in [2.05, 4.69) is 18.3 Å². The zero-order valence-electron chi connectivity index (χ0n) is 17.7. The van der Waals surface area contributed by atoms with Gasteiger partial charge in [0.15, 0.2) is 0 Å². The standard InChI is InChI=1S/C24H39NO3/c1-2-3-4-5-8-13-18-25-23(26)22-20(19-14-9-6-7-10-15-19)16-11-12-17-21(22)24(27)28/h14,21H,2-13,15-18H2,1H3,(H,25,26)(H,27,28). The minimum Gasteiger partial charge on any atom is -0.481 e. The fourth-order valence-corrected chi connectivity index (χ4v) is 4.51. The number of hydrogen-bond donors (Lipinski definition) is 2. The largest absolute Gasteiger partial charge is 0.481 e. The van der Waals surface area contributed by atoms with Crippen molar-refractivity contribution < 1.29 is 14.7 Å². The van der Waals surface area contributed by atoms with E-state index in [4.69, 9.17) is 0 Å². The van der Waals surface area contributed by atoms with Crippen LogP contribution in [0.3, 0.4) is 0 Å². The zero-order valence-corrected chi connectivity index (χ0v) is 17.7. The third kappa shape index (κ3) is 7.10. The van der Waals surface area contributed by atoms with Crippen LogP contribution < -0.4 is 5.32 Å². The summed E-state index contributed by atoms with van der Waals surface area (Å²) in [5, 5.41) is 12.9. The minimum absolute atomic E-state index is 0.136. The molecule has 0 spiro atoms. The maximum atomic E-state index is 13.1. The molecular formula is C24H39NO3. The first-order chi connectivity index (χ1) is 13.6. The van der Waals surface area contributed by atoms with Crippen molar-refractivity contribution >= 4 is 11.9 Å². The van der Waals surface area contributed by atoms with Crippen LogP contribution in [-0.4, -0.2) is 23.5 Å². The predicted octanol–water partition coefficient (Wildman–Crippen LogP) is 5.93. The summed E-state index contributed by atoms with van der Waals surface area (Å²) in [6.07, 6.45) is 18.2. The molecule has 0 aliphatic heterocycles. The van der Waals surface area contributed by atoms with Gasteiger partial charge in [0.2, 0.25) is 5.91 Å². The second-order valence-electron chi connectivity index (χ2n) is 8.38. The van der Waals surface area contributed by atoms with Gasteiger partial charge in [-0.3, -0.25) is 9.59 Å². The Morgan fingerprint density at radius 1 is 1.00 bits per heavy atom. The molecule has 158 valence electrons. The van der Waals surface area contributed by atoms with Crippen LogP contribution in [0, 0.1) is 5.92 Å². The van der Waals surface area contributed by atoms with Crippen molar-refractivity contribution in [2.45, 2.75) is 103 Å². The molecule has 1 atom stereocenters. The lowest BCUT2D eigenvalue weighted by Gasteiger charge is -2.20. The van der Waals surface area contributed by atoms with Gasteiger partial charge < -0.3 is 10.4 Å². The Balaban J connectivity index is 2.10. The molecule has 0 aromatic heterocycles. The minimum atomic E-state index is -0.849. The summed E-state index contributed by atoms with van der Waals surface area (Å²) in [6, 6.07) is 0. The van der Waals surface area contributed by atoms with Crippen molar-refractivity contribution in [1.29, 1.82) is 0 Å². The summed E-state index contributed by atoms with van der Waals surface area (Å²) < 4.78 is 0. The van der Waals surface area contributed by atoms with Crippen LogP contribution in [0.4, 0.5) is 0 Å². The van der Waals surface area contributed by atoms with Crippen LogP contribution >= 0.6 is 0 Å². The molecule has 1 unspecified atom stereocenters. The summed E-state index contributed by atoms with van der Waals surface area (Å²) >= 11 is 0. The Morgan fingerprint density at radius 3 is 2.54 bits per heavy atom. The van der Waals surface area contributed by atoms with E-state index >= 15 is 0 Å². The number of aliphatic carboxylic acids is 1. The smallest absolute Gasteiger partial charge is 0.311 e. The van der Waals surface area contributed by atoms with Gasteiger partial charge in [-0.25, -0.2) is 0 Å². The van der Waals surface area contributed by atoms with Gasteiger partial charge >= 0.3 is 5.97 Å². The van der Waals surface area contributed by atoms with Crippen molar-refractivity contribution in [2.75, 3.05) is 6.54 Å². The van der Waals surface area contributed by atoms with E-state index in [1.54, 1.807) is 0 Å². The molecule has 0 heterocycles. The number of nitrogens with one attached hydrogen (secondary N) is 1. The lowest BCUT2D eigenvalue weighted by Crippen LogP contribution is -2.32. The van der Waals surface area contributed by atoms with Crippen molar-refractivity contribution in [1.82, 2.24) is 5.32 Å². The normalized spacial score (nSPS) is 20.9. The molecule has 0 fully saturated rings. The Morgan fingerprint density at radius 2 is 1.75 bits per heavy atom. The van der Waals surface area contributed by atoms with Gasteiger partial charge in [-0.2, -0.15) is 0 Å². The average Bonchev–Trinajstić information content (AvgIpc) is 3.08. The van der Waals surface area contributed by atoms with E-state index < -0.39 is 11.9 Å². The number of carbonyl (C=O) groups is 2. The molecule has 0 aromatic carbocycles. The van der Waals surface area contributed by atoms with Crippen molar-refractivity contribution in [3.05, 3.63) is 22.8 Å². The highest BCUT2D eigenvalue weighted by Gasteiger charge is 2.32. The van der Waals surface area contributed by atoms with Gasteiger partial charge in [-0.15, -0.1) is 0 Å². The third-order valence-electron chi connectivity index (χ3n) is 6.13. The SMILES string of the molecule is CCCCCCCCNC(=O)C1=C(C2=CCCCCC2)CCCCC1C(=O)O. The Kier molecular flexibility index (Phi) is 10.4. The number of carboxylic acid groups (broad SMARTS) is 1. The van der Waals surface area contributed by atoms with Gasteiger partial charge in [0.05, 0.1) is 5.92 Å². The first kappa shape index (κ1) is 22.7. The molecule has 2 N–H and O–H groups in total. The second-order valence-corrected chi connectivity index (χ2v) is 8.38. The van der Waals surface area contributed by atoms with Crippen LogP contribution in [0.25, 0.3) is 0 Å². The molecule has 0 radical (unpaired) electrons. The third-order valence-corrected chi connectivity index (χ3v) is 6.13. The number of carbonyl (C=O) groups excluding carboxylic acids is 1. The number of hydrogen-bond acceptors (Lipinski definition) is 2. The van der Waals surface area contributed by atoms with Crippen LogP contribution in [0.5, 0.6) is 0 Å². The summed E-state index contributed by atoms with van der Waals surface area (Å²) in [4.78, 5) is 25.0. The average molecular weight is 390 g/mol. The molecule has 1 amide bonds. The van der Waals surface area contributed by atoms with Gasteiger partial charge in [0.1, 0.15) is 0 Å². The molecular weight excluding hydrogens is 350 g/mol. The van der Waals surface area contributed by atoms with E-state index in [0.717, 1.165) is 56.9 Å². The topological polar surface area (TPSA) is 66.4 Å². The van der Waals surface area contributed by atoms with Crippen LogP contribution in [0.1, 0.15) is 103 Å².